The van der Waals surface area contributed by atoms with Gasteiger partial charge in [-0.3, -0.25) is 18.9 Å². The number of aromatic nitrogens is 2. The topological polar surface area (TPSA) is 123 Å². The minimum Gasteiger partial charge on any atom is -0.277 e. The van der Waals surface area contributed by atoms with Gasteiger partial charge in [0.1, 0.15) is 5.82 Å². The Morgan fingerprint density at radius 1 is 0.902 bits per heavy atom. The minimum absolute atomic E-state index is 0.165. The third kappa shape index (κ3) is 4.85. The zero-order valence-corrected chi connectivity index (χ0v) is 23.0. The summed E-state index contributed by atoms with van der Waals surface area (Å²) in [5, 5.41) is 2.74. The molecule has 41 heavy (non-hydrogen) atoms. The zero-order chi connectivity index (χ0) is 28.7. The summed E-state index contributed by atoms with van der Waals surface area (Å²) in [5.41, 5.74) is 2.68. The van der Waals surface area contributed by atoms with E-state index < -0.39 is 21.4 Å². The van der Waals surface area contributed by atoms with Gasteiger partial charge in [-0.05, 0) is 60.2 Å². The molecule has 0 fully saturated rings. The first-order valence-corrected chi connectivity index (χ1v) is 14.3. The number of aryl methyl sites for hydroxylation is 1. The summed E-state index contributed by atoms with van der Waals surface area (Å²) in [6.45, 7) is 1.88. The van der Waals surface area contributed by atoms with Crippen LogP contribution in [0.4, 0.5) is 11.4 Å². The Morgan fingerprint density at radius 2 is 1.59 bits per heavy atom. The highest BCUT2D eigenvalue weighted by molar-refractivity contribution is 7.93. The van der Waals surface area contributed by atoms with Gasteiger partial charge in [-0.15, -0.1) is 0 Å². The molecule has 204 valence electrons. The van der Waals surface area contributed by atoms with Crippen LogP contribution in [-0.2, 0) is 19.7 Å². The van der Waals surface area contributed by atoms with Crippen molar-refractivity contribution in [2.45, 2.75) is 12.3 Å². The van der Waals surface area contributed by atoms with Crippen molar-refractivity contribution in [1.29, 1.82) is 0 Å². The zero-order valence-electron chi connectivity index (χ0n) is 21.4. The Hall–Kier alpha value is -4.87. The van der Waals surface area contributed by atoms with E-state index in [4.69, 9.17) is 21.4 Å². The molecule has 5 aromatic rings. The highest BCUT2D eigenvalue weighted by Crippen LogP contribution is 2.30. The van der Waals surface area contributed by atoms with Crippen LogP contribution in [0.1, 0.15) is 5.56 Å². The Labute approximate surface area is 239 Å². The average molecular weight is 587 g/mol. The minimum atomic E-state index is -4.33. The largest absolute Gasteiger partial charge is 0.429 e. The van der Waals surface area contributed by atoms with Crippen molar-refractivity contribution in [3.63, 3.8) is 0 Å². The summed E-state index contributed by atoms with van der Waals surface area (Å²) < 4.78 is 31.5. The molecule has 1 unspecified atom stereocenters. The molecule has 1 aliphatic rings. The molecular formula is C29H21ClN5O5S+. The molecular weight excluding hydrogens is 566 g/mol. The first-order valence-electron chi connectivity index (χ1n) is 12.4. The summed E-state index contributed by atoms with van der Waals surface area (Å²) in [6, 6.07) is 27.0. The highest BCUT2D eigenvalue weighted by Gasteiger charge is 2.52. The third-order valence-electron chi connectivity index (χ3n) is 6.51. The molecule has 1 N–H and O–H groups in total. The number of nitrogens with zero attached hydrogens (tertiary/aromatic N) is 4. The average Bonchev–Trinajstić information content (AvgIpc) is 3.36. The number of anilines is 1. The van der Waals surface area contributed by atoms with Gasteiger partial charge in [0.2, 0.25) is 11.0 Å². The molecule has 0 spiro atoms. The van der Waals surface area contributed by atoms with Gasteiger partial charge in [0.25, 0.3) is 5.56 Å². The van der Waals surface area contributed by atoms with Gasteiger partial charge in [0.15, 0.2) is 0 Å². The fraction of sp³-hybridized carbons (Fsp3) is 0.0690. The monoisotopic (exact) mass is 586 g/mol. The van der Waals surface area contributed by atoms with Crippen LogP contribution in [0, 0.1) is 6.92 Å². The van der Waals surface area contributed by atoms with Crippen molar-refractivity contribution < 1.29 is 22.7 Å². The number of hydrogen-bond donors (Lipinski definition) is 1. The van der Waals surface area contributed by atoms with Crippen LogP contribution in [0.5, 0.6) is 0 Å². The van der Waals surface area contributed by atoms with Crippen molar-refractivity contribution in [2.75, 3.05) is 4.72 Å². The molecule has 0 bridgehead atoms. The first kappa shape index (κ1) is 26.4. The van der Waals surface area contributed by atoms with Gasteiger partial charge < -0.3 is 0 Å². The molecule has 0 amide bonds. The van der Waals surface area contributed by atoms with Crippen molar-refractivity contribution in [3.8, 4) is 17.1 Å². The number of benzene rings is 4. The number of rotatable bonds is 6. The molecule has 1 aliphatic heterocycles. The predicted octanol–water partition coefficient (Wildman–Crippen LogP) is 5.35. The fourth-order valence-electron chi connectivity index (χ4n) is 4.50. The van der Waals surface area contributed by atoms with Gasteiger partial charge >= 0.3 is 21.4 Å². The van der Waals surface area contributed by atoms with E-state index in [-0.39, 0.29) is 11.2 Å². The highest BCUT2D eigenvalue weighted by atomic mass is 35.5. The number of halogens is 1. The quantitative estimate of drug-likeness (QED) is 0.268. The Bertz CT molecular complexity index is 2020. The lowest BCUT2D eigenvalue weighted by molar-refractivity contribution is -0.518. The Morgan fingerprint density at radius 3 is 2.32 bits per heavy atom. The first-order chi connectivity index (χ1) is 19.7. The van der Waals surface area contributed by atoms with Crippen molar-refractivity contribution >= 4 is 49.9 Å². The summed E-state index contributed by atoms with van der Waals surface area (Å²) in [7, 11) is -4.33. The third-order valence-corrected chi connectivity index (χ3v) is 8.34. The lowest BCUT2D eigenvalue weighted by atomic mass is 10.1. The molecule has 6 rings (SSSR count). The van der Waals surface area contributed by atoms with Gasteiger partial charge in [-0.2, -0.15) is 8.42 Å². The van der Waals surface area contributed by atoms with Crippen LogP contribution in [0.15, 0.2) is 107 Å². The van der Waals surface area contributed by atoms with Crippen LogP contribution in [-0.4, -0.2) is 34.0 Å². The number of carbonyl (C=O) groups is 1. The summed E-state index contributed by atoms with van der Waals surface area (Å²) >= 11 is 6.48. The fourth-order valence-corrected chi connectivity index (χ4v) is 6.02. The summed E-state index contributed by atoms with van der Waals surface area (Å²) in [6.07, 6.45) is 0. The Balaban J connectivity index is 1.37. The number of nitrogens with one attached hydrogen (secondary N) is 1. The molecule has 10 nitrogen and oxygen atoms in total. The van der Waals surface area contributed by atoms with E-state index in [0.717, 1.165) is 10.3 Å². The SMILES string of the molecule is Cc1ccc([N+]2=NOC(=O)C2S(=O)(=O)Nc2ccc(-n3c(-c4ccccc4Cl)nc4ccccc4c3=O)cc2)cc1. The molecule has 0 saturated carbocycles. The van der Waals surface area contributed by atoms with Crippen molar-refractivity contribution in [1.82, 2.24) is 9.55 Å². The second kappa shape index (κ2) is 10.3. The summed E-state index contributed by atoms with van der Waals surface area (Å²) in [4.78, 5) is 35.5. The molecule has 1 aromatic heterocycles. The number of carbonyl (C=O) groups excluding carboxylic acids is 1. The van der Waals surface area contributed by atoms with Crippen LogP contribution in [0.2, 0.25) is 5.02 Å². The van der Waals surface area contributed by atoms with Crippen LogP contribution >= 0.6 is 11.6 Å². The molecule has 0 aliphatic carbocycles. The van der Waals surface area contributed by atoms with Crippen molar-refractivity contribution in [3.05, 3.63) is 118 Å². The van der Waals surface area contributed by atoms with E-state index >= 15 is 0 Å². The standard InChI is InChI=1S/C29H21ClN5O5S/c1-18-10-14-21(15-11-18)35-28(29(37)40-33-35)41(38,39)32-19-12-16-20(17-13-19)34-26(22-6-2-4-8-24(22)30)31-25-9-5-3-7-23(25)27(34)36/h2-17,28,32H,1H3/q+1. The predicted molar refractivity (Wildman–Crippen MR) is 154 cm³/mol. The molecule has 4 aromatic carbocycles. The molecule has 2 heterocycles. The van der Waals surface area contributed by atoms with E-state index in [0.29, 0.717) is 38.7 Å². The van der Waals surface area contributed by atoms with Gasteiger partial charge in [-0.25, -0.2) is 9.78 Å². The number of sulfonamides is 1. The molecule has 12 heteroatoms. The van der Waals surface area contributed by atoms with E-state index in [2.05, 4.69) is 10.00 Å². The van der Waals surface area contributed by atoms with Crippen LogP contribution < -0.4 is 10.3 Å². The Kier molecular flexibility index (Phi) is 6.60. The summed E-state index contributed by atoms with van der Waals surface area (Å²) in [5.74, 6) is -0.704. The second-order valence-corrected chi connectivity index (χ2v) is 11.4. The lowest BCUT2D eigenvalue weighted by Gasteiger charge is -2.15. The smallest absolute Gasteiger partial charge is 0.277 e. The maximum atomic E-state index is 13.7. The number of fused-ring (bicyclic) bond motifs is 1. The maximum Gasteiger partial charge on any atom is 0.429 e. The van der Waals surface area contributed by atoms with E-state index in [1.165, 1.54) is 16.7 Å². The molecule has 1 atom stereocenters. The number of para-hydroxylation sites is 1. The van der Waals surface area contributed by atoms with Gasteiger partial charge in [0.05, 0.1) is 21.6 Å². The van der Waals surface area contributed by atoms with Crippen LogP contribution in [0.25, 0.3) is 28.0 Å². The van der Waals surface area contributed by atoms with Gasteiger partial charge in [-0.1, -0.05) is 53.6 Å². The van der Waals surface area contributed by atoms with E-state index in [9.17, 15) is 18.0 Å². The molecule has 0 saturated heterocycles. The van der Waals surface area contributed by atoms with E-state index in [1.807, 2.05) is 6.92 Å². The van der Waals surface area contributed by atoms with Gasteiger partial charge in [0, 0.05) is 23.4 Å². The second-order valence-electron chi connectivity index (χ2n) is 9.29. The number of hydrogen-bond acceptors (Lipinski definition) is 7. The molecule has 0 radical (unpaired) electrons. The van der Waals surface area contributed by atoms with Crippen LogP contribution in [0.3, 0.4) is 0 Å². The maximum absolute atomic E-state index is 13.7. The van der Waals surface area contributed by atoms with E-state index in [1.54, 1.807) is 84.9 Å². The normalized spacial score (nSPS) is 15.0. The lowest BCUT2D eigenvalue weighted by Crippen LogP contribution is -2.38. The van der Waals surface area contributed by atoms with Crippen molar-refractivity contribution in [2.24, 2.45) is 5.28 Å².